The third-order valence-electron chi connectivity index (χ3n) is 2.35. The molecule has 0 aliphatic rings. The molecule has 0 saturated heterocycles. The van der Waals surface area contributed by atoms with Gasteiger partial charge in [0.15, 0.2) is 0 Å². The second-order valence-corrected chi connectivity index (χ2v) is 4.52. The second kappa shape index (κ2) is 5.01. The Bertz CT molecular complexity index is 609. The number of H-pyrrole nitrogens is 1. The summed E-state index contributed by atoms with van der Waals surface area (Å²) in [5.74, 6) is -0.684. The summed E-state index contributed by atoms with van der Waals surface area (Å²) >= 11 is 0. The fraction of sp³-hybridized carbons (Fsp3) is 0.0909. The largest absolute Gasteiger partial charge is 0.350 e. The van der Waals surface area contributed by atoms with Crippen LogP contribution in [0.25, 0.3) is 0 Å². The zero-order chi connectivity index (χ0) is 13.1. The van der Waals surface area contributed by atoms with Gasteiger partial charge in [0.1, 0.15) is 5.69 Å². The topological polar surface area (TPSA) is 83.1 Å². The minimum Gasteiger partial charge on any atom is -0.350 e. The molecule has 1 aromatic carbocycles. The number of rotatable bonds is 3. The number of aromatic nitrogens is 2. The van der Waals surface area contributed by atoms with Crippen molar-refractivity contribution in [3.63, 3.8) is 0 Å². The molecule has 0 fully saturated rings. The van der Waals surface area contributed by atoms with Crippen LogP contribution in [0.5, 0.6) is 0 Å². The highest BCUT2D eigenvalue weighted by Crippen LogP contribution is 2.17. The van der Waals surface area contributed by atoms with E-state index in [2.05, 4.69) is 9.97 Å². The summed E-state index contributed by atoms with van der Waals surface area (Å²) in [6.45, 7) is 1.88. The number of carbonyl (C=O) groups is 1. The molecule has 0 aliphatic carbocycles. The van der Waals surface area contributed by atoms with Crippen molar-refractivity contribution in [2.24, 2.45) is 0 Å². The van der Waals surface area contributed by atoms with Crippen LogP contribution in [0.3, 0.4) is 0 Å². The lowest BCUT2D eigenvalue weighted by molar-refractivity contribution is 0.100. The Morgan fingerprint density at radius 1 is 1.28 bits per heavy atom. The van der Waals surface area contributed by atoms with Gasteiger partial charge in [-0.25, -0.2) is 17.7 Å². The smallest absolute Gasteiger partial charge is 0.292 e. The van der Waals surface area contributed by atoms with E-state index in [0.717, 1.165) is 5.56 Å². The number of hydrogen-bond donors (Lipinski definition) is 2. The van der Waals surface area contributed by atoms with Crippen molar-refractivity contribution < 1.29 is 13.2 Å². The van der Waals surface area contributed by atoms with Crippen LogP contribution in [0.4, 0.5) is 5.69 Å². The van der Waals surface area contributed by atoms with Gasteiger partial charge < -0.3 is 4.98 Å². The van der Waals surface area contributed by atoms with Crippen molar-refractivity contribution >= 4 is 22.5 Å². The third-order valence-corrected chi connectivity index (χ3v) is 3.09. The maximum Gasteiger partial charge on any atom is 0.292 e. The molecule has 2 rings (SSSR count). The molecule has 18 heavy (non-hydrogen) atoms. The van der Waals surface area contributed by atoms with Crippen LogP contribution in [0.1, 0.15) is 16.1 Å². The predicted octanol–water partition coefficient (Wildman–Crippen LogP) is 0.891. The molecule has 0 radical (unpaired) electrons. The van der Waals surface area contributed by atoms with Gasteiger partial charge >= 0.3 is 0 Å². The molecule has 1 heterocycles. The molecule has 0 unspecified atom stereocenters. The fourth-order valence-electron chi connectivity index (χ4n) is 1.46. The van der Waals surface area contributed by atoms with Crippen molar-refractivity contribution in [3.8, 4) is 0 Å². The van der Waals surface area contributed by atoms with E-state index in [-0.39, 0.29) is 5.69 Å². The molecule has 1 N–H and O–H groups in total. The summed E-state index contributed by atoms with van der Waals surface area (Å²) < 4.78 is 23.2. The van der Waals surface area contributed by atoms with Gasteiger partial charge in [0, 0.05) is 6.20 Å². The number of benzene rings is 1. The first-order valence-electron chi connectivity index (χ1n) is 5.14. The summed E-state index contributed by atoms with van der Waals surface area (Å²) in [5, 5.41) is 0. The lowest BCUT2D eigenvalue weighted by atomic mass is 10.2. The molecule has 2 aromatic rings. The molecule has 0 bridgehead atoms. The number of hydrogen-bond acceptors (Lipinski definition) is 4. The molecule has 6 nitrogen and oxygen atoms in total. The fourth-order valence-corrected chi connectivity index (χ4v) is 2.03. The summed E-state index contributed by atoms with van der Waals surface area (Å²) in [6, 6.07) is 6.62. The average Bonchev–Trinajstić information content (AvgIpc) is 2.85. The Morgan fingerprint density at radius 2 is 1.94 bits per heavy atom. The second-order valence-electron chi connectivity index (χ2n) is 3.64. The quantitative estimate of drug-likeness (QED) is 0.807. The van der Waals surface area contributed by atoms with Gasteiger partial charge in [0.25, 0.3) is 5.91 Å². The SMILES string of the molecule is Cc1ccc(N(C(=O)c2c[nH]cn2)[SH](=O)=O)cc1. The first-order chi connectivity index (χ1) is 8.59. The molecule has 7 heteroatoms. The first kappa shape index (κ1) is 12.3. The zero-order valence-corrected chi connectivity index (χ0v) is 10.4. The number of aromatic amines is 1. The zero-order valence-electron chi connectivity index (χ0n) is 9.53. The molecule has 1 amide bonds. The lowest BCUT2D eigenvalue weighted by Crippen LogP contribution is -2.29. The number of nitrogens with zero attached hydrogens (tertiary/aromatic N) is 2. The predicted molar refractivity (Wildman–Crippen MR) is 66.9 cm³/mol. The van der Waals surface area contributed by atoms with Crippen LogP contribution >= 0.6 is 0 Å². The summed E-state index contributed by atoms with van der Waals surface area (Å²) in [6.07, 6.45) is 2.67. The van der Waals surface area contributed by atoms with Crippen molar-refractivity contribution in [3.05, 3.63) is 48.0 Å². The van der Waals surface area contributed by atoms with Gasteiger partial charge in [0.2, 0.25) is 10.9 Å². The highest BCUT2D eigenvalue weighted by Gasteiger charge is 2.21. The Balaban J connectivity index is 2.41. The summed E-state index contributed by atoms with van der Waals surface area (Å²) in [7, 11) is -3.06. The molecular weight excluding hydrogens is 254 g/mol. The van der Waals surface area contributed by atoms with Crippen LogP contribution in [0, 0.1) is 6.92 Å². The molecule has 94 valence electrons. The summed E-state index contributed by atoms with van der Waals surface area (Å²) in [5.41, 5.74) is 1.33. The minimum absolute atomic E-state index is 0.0507. The Labute approximate surface area is 105 Å². The van der Waals surface area contributed by atoms with Crippen LogP contribution in [-0.4, -0.2) is 24.3 Å². The van der Waals surface area contributed by atoms with Gasteiger partial charge in [-0.05, 0) is 19.1 Å². The average molecular weight is 265 g/mol. The molecule has 0 atom stereocenters. The summed E-state index contributed by atoms with van der Waals surface area (Å²) in [4.78, 5) is 18.4. The van der Waals surface area contributed by atoms with Gasteiger partial charge in [-0.1, -0.05) is 17.7 Å². The number of imidazole rings is 1. The minimum atomic E-state index is -3.06. The highest BCUT2D eigenvalue weighted by atomic mass is 32.2. The van der Waals surface area contributed by atoms with E-state index in [4.69, 9.17) is 0 Å². The number of amides is 1. The van der Waals surface area contributed by atoms with Crippen LogP contribution in [0.2, 0.25) is 0 Å². The van der Waals surface area contributed by atoms with Crippen molar-refractivity contribution in [2.75, 3.05) is 4.31 Å². The van der Waals surface area contributed by atoms with Gasteiger partial charge in [-0.15, -0.1) is 0 Å². The van der Waals surface area contributed by atoms with E-state index in [1.807, 2.05) is 6.92 Å². The highest BCUT2D eigenvalue weighted by molar-refractivity contribution is 7.75. The van der Waals surface area contributed by atoms with Gasteiger partial charge in [0.05, 0.1) is 12.0 Å². The van der Waals surface area contributed by atoms with Crippen LogP contribution < -0.4 is 4.31 Å². The van der Waals surface area contributed by atoms with Crippen molar-refractivity contribution in [1.82, 2.24) is 9.97 Å². The Hall–Kier alpha value is -2.15. The molecule has 0 spiro atoms. The van der Waals surface area contributed by atoms with Crippen molar-refractivity contribution in [1.29, 1.82) is 0 Å². The van der Waals surface area contributed by atoms with E-state index >= 15 is 0 Å². The Kier molecular flexibility index (Phi) is 3.42. The van der Waals surface area contributed by atoms with Gasteiger partial charge in [-0.2, -0.15) is 0 Å². The maximum absolute atomic E-state index is 12.0. The van der Waals surface area contributed by atoms with E-state index in [1.165, 1.54) is 12.5 Å². The number of anilines is 1. The number of nitrogens with one attached hydrogen (secondary N) is 1. The van der Waals surface area contributed by atoms with Crippen LogP contribution in [-0.2, 0) is 10.9 Å². The van der Waals surface area contributed by atoms with Crippen LogP contribution in [0.15, 0.2) is 36.8 Å². The molecular formula is C11H11N3O3S. The lowest BCUT2D eigenvalue weighted by Gasteiger charge is -2.14. The van der Waals surface area contributed by atoms with E-state index in [0.29, 0.717) is 9.99 Å². The normalized spacial score (nSPS) is 10.6. The number of carbonyl (C=O) groups excluding carboxylic acids is 1. The number of thiol groups is 1. The number of aryl methyl sites for hydroxylation is 1. The van der Waals surface area contributed by atoms with E-state index in [9.17, 15) is 13.2 Å². The van der Waals surface area contributed by atoms with E-state index in [1.54, 1.807) is 24.3 Å². The van der Waals surface area contributed by atoms with Gasteiger partial charge in [-0.3, -0.25) is 4.79 Å². The first-order valence-corrected chi connectivity index (χ1v) is 6.27. The van der Waals surface area contributed by atoms with Crippen molar-refractivity contribution in [2.45, 2.75) is 6.92 Å². The molecule has 0 saturated carbocycles. The monoisotopic (exact) mass is 265 g/mol. The maximum atomic E-state index is 12.0. The van der Waals surface area contributed by atoms with E-state index < -0.39 is 16.8 Å². The molecule has 0 aliphatic heterocycles. The standard InChI is InChI=1S/C11H11N3O3S/c1-8-2-4-9(5-3-8)14(18(16)17)11(15)10-6-12-7-13-10/h2-7,18H,1H3,(H,12,13). The third kappa shape index (κ3) is 2.40. The Morgan fingerprint density at radius 3 is 2.44 bits per heavy atom. The molecule has 1 aromatic heterocycles.